The van der Waals surface area contributed by atoms with Crippen LogP contribution in [-0.2, 0) is 19.0 Å². The number of hydrogen-bond donors (Lipinski definition) is 3. The lowest BCUT2D eigenvalue weighted by Gasteiger charge is -2.41. The number of aliphatic hydroxyl groups excluding tert-OH is 3. The van der Waals surface area contributed by atoms with Crippen molar-refractivity contribution in [2.24, 2.45) is 0 Å². The topological polar surface area (TPSA) is 105 Å². The van der Waals surface area contributed by atoms with E-state index in [1.807, 2.05) is 0 Å². The SMILES string of the molecule is COC(=O)C1OC(OC(C)(C)C)C(O)C(O)C1O. The van der Waals surface area contributed by atoms with E-state index in [0.29, 0.717) is 0 Å². The summed E-state index contributed by atoms with van der Waals surface area (Å²) in [6.07, 6.45) is -7.16. The van der Waals surface area contributed by atoms with Crippen LogP contribution >= 0.6 is 0 Å². The molecule has 0 aromatic rings. The highest BCUT2D eigenvalue weighted by Crippen LogP contribution is 2.26. The lowest BCUT2D eigenvalue weighted by Crippen LogP contribution is -2.61. The van der Waals surface area contributed by atoms with E-state index in [1.165, 1.54) is 0 Å². The minimum absolute atomic E-state index is 0.645. The van der Waals surface area contributed by atoms with Crippen molar-refractivity contribution in [2.75, 3.05) is 7.11 Å². The summed E-state index contributed by atoms with van der Waals surface area (Å²) in [5.41, 5.74) is -0.645. The molecule has 1 fully saturated rings. The largest absolute Gasteiger partial charge is 0.467 e. The number of esters is 1. The maximum absolute atomic E-state index is 11.4. The summed E-state index contributed by atoms with van der Waals surface area (Å²) in [7, 11) is 1.13. The number of carbonyl (C=O) groups excluding carboxylic acids is 1. The highest BCUT2D eigenvalue weighted by Gasteiger charge is 2.48. The van der Waals surface area contributed by atoms with Gasteiger partial charge in [-0.2, -0.15) is 0 Å². The first-order valence-corrected chi connectivity index (χ1v) is 5.62. The molecule has 0 aromatic heterocycles. The zero-order valence-corrected chi connectivity index (χ0v) is 10.9. The molecule has 1 aliphatic rings. The number of rotatable bonds is 2. The molecule has 5 unspecified atom stereocenters. The van der Waals surface area contributed by atoms with Gasteiger partial charge in [-0.3, -0.25) is 0 Å². The molecule has 1 heterocycles. The third kappa shape index (κ3) is 3.39. The molecule has 5 atom stereocenters. The third-order valence-electron chi connectivity index (χ3n) is 2.47. The molecule has 0 spiro atoms. The van der Waals surface area contributed by atoms with Gasteiger partial charge in [0.25, 0.3) is 0 Å². The molecule has 7 nitrogen and oxygen atoms in total. The lowest BCUT2D eigenvalue weighted by atomic mass is 9.98. The van der Waals surface area contributed by atoms with Gasteiger partial charge in [-0.25, -0.2) is 4.79 Å². The summed E-state index contributed by atoms with van der Waals surface area (Å²) in [6, 6.07) is 0. The van der Waals surface area contributed by atoms with Crippen LogP contribution in [0.15, 0.2) is 0 Å². The van der Waals surface area contributed by atoms with E-state index in [-0.39, 0.29) is 0 Å². The number of carbonyl (C=O) groups is 1. The molecule has 0 aliphatic carbocycles. The fraction of sp³-hybridized carbons (Fsp3) is 0.909. The van der Waals surface area contributed by atoms with Crippen molar-refractivity contribution in [2.45, 2.75) is 57.1 Å². The average Bonchev–Trinajstić information content (AvgIpc) is 2.27. The van der Waals surface area contributed by atoms with E-state index in [1.54, 1.807) is 20.8 Å². The second kappa shape index (κ2) is 5.50. The standard InChI is InChI=1S/C11H20O7/c1-11(2,3)18-10-7(14)5(12)6(13)8(17-10)9(15)16-4/h5-8,10,12-14H,1-4H3. The van der Waals surface area contributed by atoms with Crippen LogP contribution < -0.4 is 0 Å². The Labute approximate surface area is 105 Å². The first-order chi connectivity index (χ1) is 8.17. The number of ether oxygens (including phenoxy) is 3. The quantitative estimate of drug-likeness (QED) is 0.537. The molecule has 0 saturated carbocycles. The Balaban J connectivity index is 2.84. The van der Waals surface area contributed by atoms with Gasteiger partial charge in [-0.1, -0.05) is 0 Å². The lowest BCUT2D eigenvalue weighted by molar-refractivity contribution is -0.314. The minimum atomic E-state index is -1.56. The van der Waals surface area contributed by atoms with Crippen molar-refractivity contribution in [3.63, 3.8) is 0 Å². The van der Waals surface area contributed by atoms with Gasteiger partial charge in [0.1, 0.15) is 18.3 Å². The molecule has 1 rings (SSSR count). The van der Waals surface area contributed by atoms with Crippen LogP contribution in [0.25, 0.3) is 0 Å². The van der Waals surface area contributed by atoms with Gasteiger partial charge in [0.2, 0.25) is 0 Å². The summed E-state index contributed by atoms with van der Waals surface area (Å²) >= 11 is 0. The first-order valence-electron chi connectivity index (χ1n) is 5.62. The molecule has 3 N–H and O–H groups in total. The van der Waals surface area contributed by atoms with Crippen LogP contribution in [0, 0.1) is 0 Å². The van der Waals surface area contributed by atoms with Gasteiger partial charge in [0.05, 0.1) is 12.7 Å². The van der Waals surface area contributed by atoms with Crippen molar-refractivity contribution in [1.29, 1.82) is 0 Å². The average molecular weight is 264 g/mol. The molecule has 18 heavy (non-hydrogen) atoms. The van der Waals surface area contributed by atoms with Crippen LogP contribution in [0.5, 0.6) is 0 Å². The fourth-order valence-corrected chi connectivity index (χ4v) is 1.60. The summed E-state index contributed by atoms with van der Waals surface area (Å²) in [4.78, 5) is 11.4. The van der Waals surface area contributed by atoms with Crippen molar-refractivity contribution < 1.29 is 34.3 Å². The minimum Gasteiger partial charge on any atom is -0.467 e. The molecule has 0 aromatic carbocycles. The van der Waals surface area contributed by atoms with E-state index in [9.17, 15) is 20.1 Å². The summed E-state index contributed by atoms with van der Waals surface area (Å²) in [5.74, 6) is -0.837. The van der Waals surface area contributed by atoms with Gasteiger partial charge in [-0.15, -0.1) is 0 Å². The molecule has 0 radical (unpaired) electrons. The Hall–Kier alpha value is -0.730. The Morgan fingerprint density at radius 2 is 1.67 bits per heavy atom. The maximum atomic E-state index is 11.4. The van der Waals surface area contributed by atoms with Crippen LogP contribution in [0.1, 0.15) is 20.8 Å². The Morgan fingerprint density at radius 3 is 2.11 bits per heavy atom. The zero-order chi connectivity index (χ0) is 14.1. The van der Waals surface area contributed by atoms with Gasteiger partial charge in [0.15, 0.2) is 12.4 Å². The number of hydrogen-bond acceptors (Lipinski definition) is 7. The monoisotopic (exact) mass is 264 g/mol. The zero-order valence-electron chi connectivity index (χ0n) is 10.9. The van der Waals surface area contributed by atoms with E-state index in [2.05, 4.69) is 4.74 Å². The second-order valence-electron chi connectivity index (χ2n) is 5.15. The molecule has 1 saturated heterocycles. The van der Waals surface area contributed by atoms with Crippen LogP contribution in [0.3, 0.4) is 0 Å². The molecule has 106 valence electrons. The smallest absolute Gasteiger partial charge is 0.337 e. The van der Waals surface area contributed by atoms with E-state index >= 15 is 0 Å². The highest BCUT2D eigenvalue weighted by molar-refractivity contribution is 5.75. The molecular formula is C11H20O7. The number of methoxy groups -OCH3 is 1. The van der Waals surface area contributed by atoms with Crippen molar-refractivity contribution in [1.82, 2.24) is 0 Å². The van der Waals surface area contributed by atoms with E-state index in [0.717, 1.165) is 7.11 Å². The predicted octanol–water partition coefficient (Wildman–Crippen LogP) is -1.22. The summed E-state index contributed by atoms with van der Waals surface area (Å²) in [6.45, 7) is 5.19. The van der Waals surface area contributed by atoms with Gasteiger partial charge in [0, 0.05) is 0 Å². The van der Waals surface area contributed by atoms with Crippen molar-refractivity contribution >= 4 is 5.97 Å². The molecule has 0 bridgehead atoms. The van der Waals surface area contributed by atoms with Crippen molar-refractivity contribution in [3.05, 3.63) is 0 Å². The van der Waals surface area contributed by atoms with E-state index < -0.39 is 42.3 Å². The van der Waals surface area contributed by atoms with Crippen molar-refractivity contribution in [3.8, 4) is 0 Å². The normalized spacial score (nSPS) is 37.4. The summed E-state index contributed by atoms with van der Waals surface area (Å²) < 4.78 is 15.0. The third-order valence-corrected chi connectivity index (χ3v) is 2.47. The Bertz CT molecular complexity index is 298. The highest BCUT2D eigenvalue weighted by atomic mass is 16.7. The van der Waals surface area contributed by atoms with E-state index in [4.69, 9.17) is 9.47 Å². The van der Waals surface area contributed by atoms with Gasteiger partial charge >= 0.3 is 5.97 Å². The molecule has 1 aliphatic heterocycles. The van der Waals surface area contributed by atoms with Crippen LogP contribution in [-0.4, -0.2) is 64.7 Å². The van der Waals surface area contributed by atoms with Gasteiger partial charge in [-0.05, 0) is 20.8 Å². The maximum Gasteiger partial charge on any atom is 0.337 e. The Kier molecular flexibility index (Phi) is 4.68. The fourth-order valence-electron chi connectivity index (χ4n) is 1.60. The van der Waals surface area contributed by atoms with Crippen LogP contribution in [0.2, 0.25) is 0 Å². The second-order valence-corrected chi connectivity index (χ2v) is 5.15. The molecule has 0 amide bonds. The summed E-state index contributed by atoms with van der Waals surface area (Å²) in [5, 5.41) is 29.0. The molecular weight excluding hydrogens is 244 g/mol. The first kappa shape index (κ1) is 15.3. The molecule has 7 heteroatoms. The number of aliphatic hydroxyl groups is 3. The predicted molar refractivity (Wildman–Crippen MR) is 59.5 cm³/mol. The van der Waals surface area contributed by atoms with Gasteiger partial charge < -0.3 is 29.5 Å². The Morgan fingerprint density at radius 1 is 1.11 bits per heavy atom. The van der Waals surface area contributed by atoms with Crippen LogP contribution in [0.4, 0.5) is 0 Å².